The Balaban J connectivity index is 0.00000338. The van der Waals surface area contributed by atoms with Gasteiger partial charge in [0.15, 0.2) is 5.84 Å². The molecule has 0 bridgehead atoms. The van der Waals surface area contributed by atoms with Crippen LogP contribution in [0.25, 0.3) is 0 Å². The van der Waals surface area contributed by atoms with Crippen molar-refractivity contribution in [2.45, 2.75) is 39.5 Å². The van der Waals surface area contributed by atoms with Crippen LogP contribution < -0.4 is 26.6 Å². The Morgan fingerprint density at radius 3 is 2.54 bits per heavy atom. The minimum absolute atomic E-state index is 0.00296. The van der Waals surface area contributed by atoms with Crippen LogP contribution in [0.5, 0.6) is 0 Å². The number of likely N-dealkylation sites (N-methyl/N-ethyl adjacent to an activating group) is 1. The first-order valence-electron chi connectivity index (χ1n) is 14.8. The van der Waals surface area contributed by atoms with Crippen molar-refractivity contribution >= 4 is 41.4 Å². The number of allylic oxidation sites excluding steroid dienone is 1. The monoisotopic (exact) mass is 638 g/mol. The third-order valence-electron chi connectivity index (χ3n) is 6.02. The van der Waals surface area contributed by atoms with E-state index in [1.807, 2.05) is 36.4 Å². The van der Waals surface area contributed by atoms with E-state index >= 15 is 0 Å². The second-order valence-electron chi connectivity index (χ2n) is 9.84. The molecule has 0 saturated carbocycles. The minimum atomic E-state index is -0.250. The fourth-order valence-corrected chi connectivity index (χ4v) is 3.86. The van der Waals surface area contributed by atoms with Crippen molar-refractivity contribution in [3.63, 3.8) is 0 Å². The molecule has 1 aromatic carbocycles. The molecule has 14 nitrogen and oxygen atoms in total. The summed E-state index contributed by atoms with van der Waals surface area (Å²) in [6, 6.07) is 7.25. The molecule has 0 spiro atoms. The average molecular weight is 639 g/mol. The lowest BCUT2D eigenvalue weighted by atomic mass is 10.1. The Morgan fingerprint density at radius 1 is 1.20 bits per heavy atom. The number of terminal acetylenes is 1. The van der Waals surface area contributed by atoms with Gasteiger partial charge in [-0.1, -0.05) is 25.3 Å². The summed E-state index contributed by atoms with van der Waals surface area (Å²) >= 11 is 0. The van der Waals surface area contributed by atoms with Crippen LogP contribution in [0.1, 0.15) is 49.9 Å². The van der Waals surface area contributed by atoms with Crippen molar-refractivity contribution in [2.75, 3.05) is 58.0 Å². The zero-order valence-electron chi connectivity index (χ0n) is 26.8. The second kappa shape index (κ2) is 23.4. The highest BCUT2D eigenvalue weighted by atomic mass is 16.5. The van der Waals surface area contributed by atoms with Crippen LogP contribution in [0.15, 0.2) is 57.9 Å². The first-order valence-corrected chi connectivity index (χ1v) is 14.8. The van der Waals surface area contributed by atoms with E-state index in [1.165, 1.54) is 0 Å². The predicted molar refractivity (Wildman–Crippen MR) is 180 cm³/mol. The molecule has 2 rings (SSSR count). The number of carbonyl (C=O) groups is 3. The predicted octanol–water partition coefficient (Wildman–Crippen LogP) is 2.04. The van der Waals surface area contributed by atoms with Crippen molar-refractivity contribution in [1.82, 2.24) is 16.0 Å². The normalized spacial score (nSPS) is 13.2. The lowest BCUT2D eigenvalue weighted by Gasteiger charge is -2.23. The number of hydrogen-bond donors (Lipinski definition) is 6. The fourth-order valence-electron chi connectivity index (χ4n) is 3.86. The van der Waals surface area contributed by atoms with Gasteiger partial charge in [-0.15, -0.1) is 6.42 Å². The van der Waals surface area contributed by atoms with Gasteiger partial charge in [-0.05, 0) is 44.0 Å². The van der Waals surface area contributed by atoms with Crippen molar-refractivity contribution in [3.05, 3.63) is 53.5 Å². The molecule has 46 heavy (non-hydrogen) atoms. The molecule has 1 aliphatic rings. The molecule has 0 fully saturated rings. The molecule has 0 aliphatic carbocycles. The number of hydrogen-bond acceptors (Lipinski definition) is 9. The Bertz CT molecular complexity index is 1290. The molecule has 0 saturated heterocycles. The van der Waals surface area contributed by atoms with Crippen molar-refractivity contribution in [2.24, 2.45) is 15.7 Å². The molecule has 0 aromatic heterocycles. The topological polar surface area (TPSA) is 204 Å². The minimum Gasteiger partial charge on any atom is -0.483 e. The summed E-state index contributed by atoms with van der Waals surface area (Å²) in [6.45, 7) is 6.21. The third-order valence-corrected chi connectivity index (χ3v) is 6.02. The number of anilines is 1. The molecule has 0 atom stereocenters. The molecule has 1 aromatic rings. The van der Waals surface area contributed by atoms with Gasteiger partial charge in [0.05, 0.1) is 43.6 Å². The van der Waals surface area contributed by atoms with Crippen LogP contribution in [0.3, 0.4) is 0 Å². The quantitative estimate of drug-likeness (QED) is 0.0457. The molecule has 1 heterocycles. The number of ether oxygens (including phenoxy) is 2. The number of unbranched alkanes of at least 4 members (excludes halogenated alkanes) is 1. The van der Waals surface area contributed by atoms with E-state index in [2.05, 4.69) is 38.8 Å². The molecule has 7 N–H and O–H groups in total. The summed E-state index contributed by atoms with van der Waals surface area (Å²) in [7, 11) is 1.92. The van der Waals surface area contributed by atoms with E-state index in [0.717, 1.165) is 29.9 Å². The highest BCUT2D eigenvalue weighted by Gasteiger charge is 2.18. The summed E-state index contributed by atoms with van der Waals surface area (Å²) in [5.41, 5.74) is 9.02. The SMILES string of the molecule is C#CCOCCOCCNC(=O)CCCNC(=O)c1ccc(N(C)CC2=CN/C(=C\CCC)C(C(=N)N=C(C)N)=N2)cc1.O=CO. The molecule has 1 aliphatic heterocycles. The molecule has 0 radical (unpaired) electrons. The van der Waals surface area contributed by atoms with Gasteiger partial charge >= 0.3 is 0 Å². The van der Waals surface area contributed by atoms with Gasteiger partial charge in [0.25, 0.3) is 12.4 Å². The Labute approximate surface area is 270 Å². The molecular weight excluding hydrogens is 592 g/mol. The van der Waals surface area contributed by atoms with E-state index in [9.17, 15) is 9.59 Å². The second-order valence-corrected chi connectivity index (χ2v) is 9.84. The first kappa shape index (κ1) is 39.0. The largest absolute Gasteiger partial charge is 0.483 e. The van der Waals surface area contributed by atoms with Gasteiger partial charge in [-0.3, -0.25) is 19.8 Å². The van der Waals surface area contributed by atoms with Gasteiger partial charge in [0.1, 0.15) is 12.3 Å². The van der Waals surface area contributed by atoms with Crippen molar-refractivity contribution in [3.8, 4) is 12.3 Å². The summed E-state index contributed by atoms with van der Waals surface area (Å²) in [5, 5.41) is 24.1. The lowest BCUT2D eigenvalue weighted by molar-refractivity contribution is -0.123. The third kappa shape index (κ3) is 16.2. The number of nitrogens with one attached hydrogen (secondary N) is 4. The van der Waals surface area contributed by atoms with E-state index in [4.69, 9.17) is 36.9 Å². The molecule has 250 valence electrons. The fraction of sp³-hybridized carbons (Fsp3) is 0.438. The number of carboxylic acid groups (broad SMARTS) is 1. The molecular formula is C32H46N8O6. The van der Waals surface area contributed by atoms with Crippen LogP contribution in [0, 0.1) is 17.8 Å². The molecule has 2 amide bonds. The number of benzene rings is 1. The standard InChI is InChI=1S/C31H44N8O4.CH2O2/c1-5-7-9-27-29(30(33)37-23(3)32)38-25(21-36-27)22-39(4)26-13-11-24(12-14-26)31(41)35-15-8-10-28(40)34-16-18-43-20-19-42-17-6-2;2-1-3/h2,9,11-14,21,36H,5,7-8,10,15-20,22H2,1,3-4H3,(H,34,40)(H,35,41)(H3,32,33,37);1H,(H,2,3)/b27-9-;. The summed E-state index contributed by atoms with van der Waals surface area (Å²) < 4.78 is 10.4. The van der Waals surface area contributed by atoms with Gasteiger partial charge in [0.2, 0.25) is 5.91 Å². The average Bonchev–Trinajstić information content (AvgIpc) is 3.03. The zero-order valence-corrected chi connectivity index (χ0v) is 26.8. The highest BCUT2D eigenvalue weighted by molar-refractivity contribution is 6.48. The zero-order chi connectivity index (χ0) is 34.2. The van der Waals surface area contributed by atoms with Gasteiger partial charge < -0.3 is 41.2 Å². The maximum Gasteiger partial charge on any atom is 0.290 e. The number of nitrogens with two attached hydrogens (primary N) is 1. The van der Waals surface area contributed by atoms with E-state index in [-0.39, 0.29) is 30.7 Å². The summed E-state index contributed by atoms with van der Waals surface area (Å²) in [4.78, 5) is 43.6. The molecule has 0 unspecified atom stereocenters. The first-order chi connectivity index (χ1) is 22.2. The highest BCUT2D eigenvalue weighted by Crippen LogP contribution is 2.18. The van der Waals surface area contributed by atoms with Crippen LogP contribution in [0.4, 0.5) is 5.69 Å². The smallest absolute Gasteiger partial charge is 0.290 e. The van der Waals surface area contributed by atoms with Gasteiger partial charge in [-0.2, -0.15) is 0 Å². The maximum atomic E-state index is 12.6. The van der Waals surface area contributed by atoms with Crippen LogP contribution in [-0.4, -0.2) is 93.9 Å². The van der Waals surface area contributed by atoms with Crippen LogP contribution in [-0.2, 0) is 19.1 Å². The number of amidine groups is 2. The summed E-state index contributed by atoms with van der Waals surface area (Å²) in [5.74, 6) is 2.37. The molecule has 14 heteroatoms. The van der Waals surface area contributed by atoms with Gasteiger partial charge in [0, 0.05) is 44.0 Å². The number of aliphatic imine (C=N–C) groups is 2. The van der Waals surface area contributed by atoms with Crippen LogP contribution in [0.2, 0.25) is 0 Å². The van der Waals surface area contributed by atoms with Crippen molar-refractivity contribution < 1.29 is 29.0 Å². The van der Waals surface area contributed by atoms with E-state index in [1.54, 1.807) is 19.1 Å². The number of rotatable bonds is 18. The lowest BCUT2D eigenvalue weighted by Crippen LogP contribution is -2.30. The maximum absolute atomic E-state index is 12.6. The van der Waals surface area contributed by atoms with Gasteiger partial charge in [-0.25, -0.2) is 9.98 Å². The number of nitrogens with zero attached hydrogens (tertiary/aromatic N) is 3. The van der Waals surface area contributed by atoms with E-state index in [0.29, 0.717) is 69.4 Å². The Morgan fingerprint density at radius 2 is 1.89 bits per heavy atom. The Hall–Kier alpha value is -5.00. The van der Waals surface area contributed by atoms with E-state index < -0.39 is 0 Å². The number of amides is 2. The van der Waals surface area contributed by atoms with Crippen molar-refractivity contribution in [1.29, 1.82) is 5.41 Å². The Kier molecular flexibility index (Phi) is 19.8. The van der Waals surface area contributed by atoms with Crippen LogP contribution >= 0.6 is 0 Å². The number of carbonyl (C=O) groups excluding carboxylic acids is 2. The summed E-state index contributed by atoms with van der Waals surface area (Å²) in [6.07, 6.45) is 11.6.